The predicted molar refractivity (Wildman–Crippen MR) is 90.1 cm³/mol. The van der Waals surface area contributed by atoms with E-state index < -0.39 is 10.0 Å². The van der Waals surface area contributed by atoms with E-state index in [1.54, 1.807) is 24.3 Å². The molecular weight excluding hydrogens is 369 g/mol. The molecule has 0 atom stereocenters. The average Bonchev–Trinajstić information content (AvgIpc) is 2.49. The molecule has 0 saturated carbocycles. The molecule has 8 heteroatoms. The summed E-state index contributed by atoms with van der Waals surface area (Å²) in [6, 6.07) is 9.39. The van der Waals surface area contributed by atoms with E-state index in [1.807, 2.05) is 0 Å². The molecule has 0 heterocycles. The topological polar surface area (TPSA) is 46.6 Å². The SMILES string of the molecule is COc1ccc(S(=O)(=O)N(C)c2ccccc2Cl)c(Cl)c1Cl. The predicted octanol–water partition coefficient (Wildman–Crippen LogP) is 4.48. The molecule has 0 N–H and O–H groups in total. The van der Waals surface area contributed by atoms with E-state index in [0.717, 1.165) is 4.31 Å². The lowest BCUT2D eigenvalue weighted by molar-refractivity contribution is 0.414. The van der Waals surface area contributed by atoms with Gasteiger partial charge in [-0.25, -0.2) is 8.42 Å². The van der Waals surface area contributed by atoms with Gasteiger partial charge < -0.3 is 4.74 Å². The lowest BCUT2D eigenvalue weighted by Gasteiger charge is -2.21. The van der Waals surface area contributed by atoms with Crippen LogP contribution in [0.2, 0.25) is 15.1 Å². The number of methoxy groups -OCH3 is 1. The fourth-order valence-corrected chi connectivity index (χ4v) is 4.20. The minimum atomic E-state index is -3.92. The highest BCUT2D eigenvalue weighted by Crippen LogP contribution is 2.39. The molecule has 118 valence electrons. The third kappa shape index (κ3) is 2.99. The summed E-state index contributed by atoms with van der Waals surface area (Å²) in [7, 11) is -1.10. The number of hydrogen-bond acceptors (Lipinski definition) is 3. The van der Waals surface area contributed by atoms with Gasteiger partial charge in [0.25, 0.3) is 10.0 Å². The quantitative estimate of drug-likeness (QED) is 0.785. The Morgan fingerprint density at radius 3 is 2.23 bits per heavy atom. The van der Waals surface area contributed by atoms with Gasteiger partial charge in [0, 0.05) is 7.05 Å². The van der Waals surface area contributed by atoms with Gasteiger partial charge in [-0.1, -0.05) is 46.9 Å². The highest BCUT2D eigenvalue weighted by Gasteiger charge is 2.27. The van der Waals surface area contributed by atoms with Crippen LogP contribution in [0.15, 0.2) is 41.3 Å². The number of rotatable bonds is 4. The van der Waals surface area contributed by atoms with Crippen LogP contribution < -0.4 is 9.04 Å². The monoisotopic (exact) mass is 379 g/mol. The zero-order valence-electron chi connectivity index (χ0n) is 11.7. The first-order valence-electron chi connectivity index (χ1n) is 6.06. The summed E-state index contributed by atoms with van der Waals surface area (Å²) in [5.41, 5.74) is 0.340. The molecular formula is C14H12Cl3NO3S. The third-order valence-corrected chi connectivity index (χ3v) is 6.17. The van der Waals surface area contributed by atoms with Gasteiger partial charge in [-0.3, -0.25) is 4.31 Å². The first-order valence-corrected chi connectivity index (χ1v) is 8.63. The van der Waals surface area contributed by atoms with E-state index in [9.17, 15) is 8.42 Å². The molecule has 0 aliphatic heterocycles. The summed E-state index contributed by atoms with van der Waals surface area (Å²) >= 11 is 18.1. The van der Waals surface area contributed by atoms with Gasteiger partial charge in [-0.15, -0.1) is 0 Å². The van der Waals surface area contributed by atoms with Crippen LogP contribution in [0.3, 0.4) is 0 Å². The maximum atomic E-state index is 12.7. The number of ether oxygens (including phenoxy) is 1. The molecule has 0 unspecified atom stereocenters. The Labute approximate surface area is 144 Å². The summed E-state index contributed by atoms with van der Waals surface area (Å²) in [5, 5.41) is 0.252. The summed E-state index contributed by atoms with van der Waals surface area (Å²) in [5.74, 6) is 0.297. The molecule has 0 aliphatic carbocycles. The lowest BCUT2D eigenvalue weighted by atomic mass is 10.3. The Morgan fingerprint density at radius 2 is 1.64 bits per heavy atom. The highest BCUT2D eigenvalue weighted by molar-refractivity contribution is 7.93. The van der Waals surface area contributed by atoms with E-state index >= 15 is 0 Å². The minimum Gasteiger partial charge on any atom is -0.495 e. The Balaban J connectivity index is 2.56. The van der Waals surface area contributed by atoms with E-state index in [1.165, 1.54) is 26.3 Å². The Bertz CT molecular complexity index is 809. The van der Waals surface area contributed by atoms with Crippen molar-refractivity contribution >= 4 is 50.5 Å². The molecule has 0 fully saturated rings. The summed E-state index contributed by atoms with van der Waals surface area (Å²) in [6.07, 6.45) is 0. The van der Waals surface area contributed by atoms with E-state index in [-0.39, 0.29) is 14.9 Å². The molecule has 0 spiro atoms. The number of hydrogen-bond donors (Lipinski definition) is 0. The van der Waals surface area contributed by atoms with Gasteiger partial charge >= 0.3 is 0 Å². The van der Waals surface area contributed by atoms with Crippen LogP contribution in [0.25, 0.3) is 0 Å². The van der Waals surface area contributed by atoms with Gasteiger partial charge in [0.2, 0.25) is 0 Å². The molecule has 0 saturated heterocycles. The largest absolute Gasteiger partial charge is 0.495 e. The average molecular weight is 381 g/mol. The number of anilines is 1. The number of halogens is 3. The van der Waals surface area contributed by atoms with Crippen molar-refractivity contribution in [3.63, 3.8) is 0 Å². The molecule has 22 heavy (non-hydrogen) atoms. The van der Waals surface area contributed by atoms with Crippen LogP contribution >= 0.6 is 34.8 Å². The van der Waals surface area contributed by atoms with E-state index in [2.05, 4.69) is 0 Å². The van der Waals surface area contributed by atoms with Crippen LogP contribution in [-0.4, -0.2) is 22.6 Å². The number of benzene rings is 2. The maximum Gasteiger partial charge on any atom is 0.265 e. The first kappa shape index (κ1) is 17.2. The van der Waals surface area contributed by atoms with Crippen molar-refractivity contribution in [2.45, 2.75) is 4.90 Å². The fourth-order valence-electron chi connectivity index (χ4n) is 1.86. The number of sulfonamides is 1. The van der Waals surface area contributed by atoms with Crippen molar-refractivity contribution in [1.29, 1.82) is 0 Å². The van der Waals surface area contributed by atoms with Gasteiger partial charge in [-0.05, 0) is 24.3 Å². The highest BCUT2D eigenvalue weighted by atomic mass is 35.5. The van der Waals surface area contributed by atoms with Crippen LogP contribution in [-0.2, 0) is 10.0 Å². The molecule has 2 aromatic carbocycles. The van der Waals surface area contributed by atoms with Crippen LogP contribution in [0.4, 0.5) is 5.69 Å². The van der Waals surface area contributed by atoms with Gasteiger partial charge in [0.05, 0.1) is 22.8 Å². The Kier molecular flexibility index (Phi) is 5.12. The van der Waals surface area contributed by atoms with Crippen molar-refractivity contribution in [2.24, 2.45) is 0 Å². The van der Waals surface area contributed by atoms with Crippen molar-refractivity contribution < 1.29 is 13.2 Å². The standard InChI is InChI=1S/C14H12Cl3NO3S/c1-18(10-6-4-3-5-9(10)15)22(19,20)12-8-7-11(21-2)13(16)14(12)17/h3-8H,1-2H3. The third-order valence-electron chi connectivity index (χ3n) is 3.06. The van der Waals surface area contributed by atoms with Gasteiger partial charge in [0.15, 0.2) is 0 Å². The number of nitrogens with zero attached hydrogens (tertiary/aromatic N) is 1. The summed E-state index contributed by atoms with van der Waals surface area (Å²) < 4.78 is 31.5. The molecule has 0 aromatic heterocycles. The molecule has 0 radical (unpaired) electrons. The normalized spacial score (nSPS) is 11.3. The van der Waals surface area contributed by atoms with Crippen molar-refractivity contribution in [3.05, 3.63) is 51.5 Å². The van der Waals surface area contributed by atoms with Crippen LogP contribution in [0.5, 0.6) is 5.75 Å². The zero-order valence-corrected chi connectivity index (χ0v) is 14.8. The van der Waals surface area contributed by atoms with Crippen molar-refractivity contribution in [1.82, 2.24) is 0 Å². The molecule has 4 nitrogen and oxygen atoms in total. The van der Waals surface area contributed by atoms with Crippen molar-refractivity contribution in [2.75, 3.05) is 18.5 Å². The summed E-state index contributed by atoms with van der Waals surface area (Å²) in [6.45, 7) is 0. The van der Waals surface area contributed by atoms with E-state index in [0.29, 0.717) is 16.5 Å². The zero-order chi connectivity index (χ0) is 16.5. The second-order valence-corrected chi connectivity index (χ2v) is 7.42. The second-order valence-electron chi connectivity index (χ2n) is 4.32. The lowest BCUT2D eigenvalue weighted by Crippen LogP contribution is -2.27. The minimum absolute atomic E-state index is 0.0396. The molecule has 0 aliphatic rings. The molecule has 0 amide bonds. The Hall–Kier alpha value is -1.14. The van der Waals surface area contributed by atoms with Gasteiger partial charge in [-0.2, -0.15) is 0 Å². The molecule has 0 bridgehead atoms. The second kappa shape index (κ2) is 6.54. The summed E-state index contributed by atoms with van der Waals surface area (Å²) in [4.78, 5) is -0.123. The van der Waals surface area contributed by atoms with Crippen LogP contribution in [0, 0.1) is 0 Å². The molecule has 2 aromatic rings. The van der Waals surface area contributed by atoms with Crippen molar-refractivity contribution in [3.8, 4) is 5.75 Å². The van der Waals surface area contributed by atoms with Crippen LogP contribution in [0.1, 0.15) is 0 Å². The number of para-hydroxylation sites is 1. The van der Waals surface area contributed by atoms with E-state index in [4.69, 9.17) is 39.5 Å². The first-order chi connectivity index (χ1) is 10.3. The van der Waals surface area contributed by atoms with Gasteiger partial charge in [0.1, 0.15) is 15.7 Å². The maximum absolute atomic E-state index is 12.7. The Morgan fingerprint density at radius 1 is 1.00 bits per heavy atom. The fraction of sp³-hybridized carbons (Fsp3) is 0.143. The smallest absolute Gasteiger partial charge is 0.265 e. The molecule has 2 rings (SSSR count).